The third kappa shape index (κ3) is 8.93. The van der Waals surface area contributed by atoms with E-state index in [9.17, 15) is 4.79 Å². The Morgan fingerprint density at radius 3 is 2.76 bits per heavy atom. The Morgan fingerprint density at radius 1 is 1.29 bits per heavy atom. The Bertz CT molecular complexity index is 232. The van der Waals surface area contributed by atoms with Crippen molar-refractivity contribution in [3.63, 3.8) is 0 Å². The van der Waals surface area contributed by atoms with E-state index in [0.29, 0.717) is 13.0 Å². The molecule has 0 aliphatic carbocycles. The molecule has 3 nitrogen and oxygen atoms in total. The second kappa shape index (κ2) is 9.23. The summed E-state index contributed by atoms with van der Waals surface area (Å²) < 4.78 is 9.99. The van der Waals surface area contributed by atoms with Crippen LogP contribution in [-0.4, -0.2) is 25.3 Å². The fourth-order valence-corrected chi connectivity index (χ4v) is 1.55. The van der Waals surface area contributed by atoms with E-state index in [1.165, 1.54) is 25.7 Å². The van der Waals surface area contributed by atoms with E-state index < -0.39 is 0 Å². The largest absolute Gasteiger partial charge is 0.463 e. The van der Waals surface area contributed by atoms with Gasteiger partial charge >= 0.3 is 5.97 Å². The highest BCUT2D eigenvalue weighted by molar-refractivity contribution is 5.69. The van der Waals surface area contributed by atoms with Crippen molar-refractivity contribution in [2.75, 3.05) is 13.2 Å². The Hall–Kier alpha value is -0.830. The molecular formula is C14H24O3. The van der Waals surface area contributed by atoms with Crippen molar-refractivity contribution < 1.29 is 14.3 Å². The van der Waals surface area contributed by atoms with E-state index in [-0.39, 0.29) is 12.1 Å². The molecule has 0 amide bonds. The maximum absolute atomic E-state index is 11.2. The zero-order valence-corrected chi connectivity index (χ0v) is 10.8. The summed E-state index contributed by atoms with van der Waals surface area (Å²) in [7, 11) is 0. The average molecular weight is 240 g/mol. The standard InChI is InChI=1S/C14H24O3/c1-2-3-4-5-6-7-8-9-10-14(15)17-12-13-11-16-13/h7-8,13H,2-6,9-12H2,1H3/b8-7+. The SMILES string of the molecule is CCCCCC/C=C/CCC(=O)OCC1CO1. The summed E-state index contributed by atoms with van der Waals surface area (Å²) in [5.41, 5.74) is 0. The quantitative estimate of drug-likeness (QED) is 0.255. The second-order valence-corrected chi connectivity index (χ2v) is 4.50. The normalized spacial score (nSPS) is 18.5. The van der Waals surface area contributed by atoms with Gasteiger partial charge in [0.1, 0.15) is 12.7 Å². The number of ether oxygens (including phenoxy) is 2. The van der Waals surface area contributed by atoms with Crippen LogP contribution in [0, 0.1) is 0 Å². The summed E-state index contributed by atoms with van der Waals surface area (Å²) >= 11 is 0. The molecule has 17 heavy (non-hydrogen) atoms. The molecule has 1 unspecified atom stereocenters. The van der Waals surface area contributed by atoms with Gasteiger partial charge in [0, 0.05) is 6.42 Å². The molecule has 1 fully saturated rings. The molecule has 98 valence electrons. The van der Waals surface area contributed by atoms with Crippen molar-refractivity contribution in [3.05, 3.63) is 12.2 Å². The Balaban J connectivity index is 1.84. The van der Waals surface area contributed by atoms with Crippen LogP contribution in [0.3, 0.4) is 0 Å². The van der Waals surface area contributed by atoms with Crippen LogP contribution in [0.25, 0.3) is 0 Å². The number of allylic oxidation sites excluding steroid dienone is 2. The Morgan fingerprint density at radius 2 is 2.06 bits per heavy atom. The fourth-order valence-electron chi connectivity index (χ4n) is 1.55. The van der Waals surface area contributed by atoms with Crippen LogP contribution in [0.4, 0.5) is 0 Å². The van der Waals surface area contributed by atoms with Crippen molar-refractivity contribution >= 4 is 5.97 Å². The minimum absolute atomic E-state index is 0.115. The van der Waals surface area contributed by atoms with Crippen LogP contribution in [0.2, 0.25) is 0 Å². The van der Waals surface area contributed by atoms with Gasteiger partial charge in [0.25, 0.3) is 0 Å². The molecule has 1 heterocycles. The summed E-state index contributed by atoms with van der Waals surface area (Å²) in [6, 6.07) is 0. The van der Waals surface area contributed by atoms with Crippen LogP contribution < -0.4 is 0 Å². The number of carbonyl (C=O) groups is 1. The predicted octanol–water partition coefficient (Wildman–Crippen LogP) is 3.24. The second-order valence-electron chi connectivity index (χ2n) is 4.50. The van der Waals surface area contributed by atoms with Crippen LogP contribution >= 0.6 is 0 Å². The lowest BCUT2D eigenvalue weighted by Crippen LogP contribution is -2.08. The minimum atomic E-state index is -0.115. The smallest absolute Gasteiger partial charge is 0.306 e. The number of rotatable bonds is 10. The van der Waals surface area contributed by atoms with Gasteiger partial charge in [0.2, 0.25) is 0 Å². The summed E-state index contributed by atoms with van der Waals surface area (Å²) in [6.07, 6.45) is 12.0. The van der Waals surface area contributed by atoms with E-state index in [0.717, 1.165) is 19.4 Å². The van der Waals surface area contributed by atoms with E-state index in [1.807, 2.05) is 0 Å². The maximum atomic E-state index is 11.2. The lowest BCUT2D eigenvalue weighted by molar-refractivity contribution is -0.144. The average Bonchev–Trinajstić information content (AvgIpc) is 3.14. The van der Waals surface area contributed by atoms with Crippen LogP contribution in [0.1, 0.15) is 51.9 Å². The highest BCUT2D eigenvalue weighted by atomic mass is 16.6. The van der Waals surface area contributed by atoms with Gasteiger partial charge in [0.15, 0.2) is 0 Å². The molecule has 0 aromatic carbocycles. The molecule has 3 heteroatoms. The van der Waals surface area contributed by atoms with Crippen LogP contribution in [-0.2, 0) is 14.3 Å². The van der Waals surface area contributed by atoms with Crippen LogP contribution in [0.15, 0.2) is 12.2 Å². The van der Waals surface area contributed by atoms with Gasteiger partial charge in [-0.15, -0.1) is 0 Å². The van der Waals surface area contributed by atoms with Crippen molar-refractivity contribution in [1.29, 1.82) is 0 Å². The van der Waals surface area contributed by atoms with E-state index in [2.05, 4.69) is 19.1 Å². The number of hydrogen-bond acceptors (Lipinski definition) is 3. The lowest BCUT2D eigenvalue weighted by atomic mass is 10.1. The first-order valence-corrected chi connectivity index (χ1v) is 6.75. The first-order valence-electron chi connectivity index (χ1n) is 6.75. The Labute approximate surface area is 104 Å². The molecule has 0 saturated carbocycles. The van der Waals surface area contributed by atoms with Crippen molar-refractivity contribution in [2.24, 2.45) is 0 Å². The highest BCUT2D eigenvalue weighted by Crippen LogP contribution is 2.09. The lowest BCUT2D eigenvalue weighted by Gasteiger charge is -2.00. The van der Waals surface area contributed by atoms with Gasteiger partial charge < -0.3 is 9.47 Å². The Kier molecular flexibility index (Phi) is 7.72. The molecule has 1 rings (SSSR count). The molecule has 1 saturated heterocycles. The third-order valence-electron chi connectivity index (χ3n) is 2.74. The molecule has 0 spiro atoms. The van der Waals surface area contributed by atoms with Gasteiger partial charge in [-0.3, -0.25) is 4.79 Å². The number of epoxide rings is 1. The van der Waals surface area contributed by atoms with Gasteiger partial charge in [-0.05, 0) is 19.3 Å². The summed E-state index contributed by atoms with van der Waals surface area (Å²) in [4.78, 5) is 11.2. The first kappa shape index (κ1) is 14.2. The predicted molar refractivity (Wildman–Crippen MR) is 67.8 cm³/mol. The summed E-state index contributed by atoms with van der Waals surface area (Å²) in [6.45, 7) is 3.39. The third-order valence-corrected chi connectivity index (χ3v) is 2.74. The van der Waals surface area contributed by atoms with Crippen LogP contribution in [0.5, 0.6) is 0 Å². The van der Waals surface area contributed by atoms with Crippen molar-refractivity contribution in [1.82, 2.24) is 0 Å². The zero-order chi connectivity index (χ0) is 12.3. The number of carbonyl (C=O) groups excluding carboxylic acids is 1. The zero-order valence-electron chi connectivity index (χ0n) is 10.8. The molecule has 1 aliphatic heterocycles. The first-order chi connectivity index (χ1) is 8.33. The molecule has 0 bridgehead atoms. The van der Waals surface area contributed by atoms with Crippen molar-refractivity contribution in [2.45, 2.75) is 58.0 Å². The monoisotopic (exact) mass is 240 g/mol. The van der Waals surface area contributed by atoms with Crippen molar-refractivity contribution in [3.8, 4) is 0 Å². The van der Waals surface area contributed by atoms with E-state index >= 15 is 0 Å². The number of hydrogen-bond donors (Lipinski definition) is 0. The fraction of sp³-hybridized carbons (Fsp3) is 0.786. The molecule has 1 atom stereocenters. The van der Waals surface area contributed by atoms with E-state index in [4.69, 9.17) is 9.47 Å². The van der Waals surface area contributed by atoms with Gasteiger partial charge in [-0.25, -0.2) is 0 Å². The summed E-state index contributed by atoms with van der Waals surface area (Å²) in [5, 5.41) is 0. The minimum Gasteiger partial charge on any atom is -0.463 e. The highest BCUT2D eigenvalue weighted by Gasteiger charge is 2.23. The molecule has 0 aromatic heterocycles. The number of esters is 1. The molecule has 1 aliphatic rings. The summed E-state index contributed by atoms with van der Waals surface area (Å²) in [5.74, 6) is -0.115. The maximum Gasteiger partial charge on any atom is 0.306 e. The van der Waals surface area contributed by atoms with Gasteiger partial charge in [0.05, 0.1) is 6.61 Å². The van der Waals surface area contributed by atoms with E-state index in [1.54, 1.807) is 0 Å². The number of unbranched alkanes of at least 4 members (excludes halogenated alkanes) is 4. The van der Waals surface area contributed by atoms with Gasteiger partial charge in [-0.1, -0.05) is 38.3 Å². The topological polar surface area (TPSA) is 38.8 Å². The molecular weight excluding hydrogens is 216 g/mol. The molecule has 0 N–H and O–H groups in total. The molecule has 0 aromatic rings. The molecule has 0 radical (unpaired) electrons. The van der Waals surface area contributed by atoms with Gasteiger partial charge in [-0.2, -0.15) is 0 Å².